The molecular formula is C55H100O6. The van der Waals surface area contributed by atoms with Gasteiger partial charge >= 0.3 is 17.9 Å². The van der Waals surface area contributed by atoms with Crippen LogP contribution >= 0.6 is 0 Å². The third kappa shape index (κ3) is 48.5. The second-order valence-electron chi connectivity index (χ2n) is 17.8. The fourth-order valence-corrected chi connectivity index (χ4v) is 7.69. The first kappa shape index (κ1) is 58.6. The summed E-state index contributed by atoms with van der Waals surface area (Å²) in [5.74, 6) is -0.879. The molecule has 1 unspecified atom stereocenters. The van der Waals surface area contributed by atoms with Gasteiger partial charge in [-0.15, -0.1) is 0 Å². The summed E-state index contributed by atoms with van der Waals surface area (Å²) in [5.41, 5.74) is 0. The molecule has 0 bridgehead atoms. The van der Waals surface area contributed by atoms with E-state index in [1.54, 1.807) is 0 Å². The van der Waals surface area contributed by atoms with E-state index in [1.807, 2.05) is 0 Å². The van der Waals surface area contributed by atoms with Crippen molar-refractivity contribution in [3.63, 3.8) is 0 Å². The van der Waals surface area contributed by atoms with Crippen molar-refractivity contribution in [1.82, 2.24) is 0 Å². The zero-order valence-corrected chi connectivity index (χ0v) is 40.7. The van der Waals surface area contributed by atoms with E-state index in [0.717, 1.165) is 96.3 Å². The van der Waals surface area contributed by atoms with E-state index in [2.05, 4.69) is 57.2 Å². The Morgan fingerprint density at radius 3 is 1.00 bits per heavy atom. The van der Waals surface area contributed by atoms with Gasteiger partial charge in [0.2, 0.25) is 0 Å². The van der Waals surface area contributed by atoms with E-state index in [4.69, 9.17) is 14.2 Å². The Morgan fingerprint density at radius 1 is 0.344 bits per heavy atom. The van der Waals surface area contributed by atoms with Gasteiger partial charge in [0.1, 0.15) is 13.2 Å². The predicted octanol–water partition coefficient (Wildman–Crippen LogP) is 17.3. The van der Waals surface area contributed by atoms with Crippen molar-refractivity contribution in [2.24, 2.45) is 0 Å². The lowest BCUT2D eigenvalue weighted by atomic mass is 10.0. The predicted molar refractivity (Wildman–Crippen MR) is 261 cm³/mol. The zero-order valence-electron chi connectivity index (χ0n) is 40.7. The smallest absolute Gasteiger partial charge is 0.306 e. The van der Waals surface area contributed by atoms with Gasteiger partial charge in [-0.2, -0.15) is 0 Å². The van der Waals surface area contributed by atoms with Gasteiger partial charge in [-0.1, -0.05) is 243 Å². The van der Waals surface area contributed by atoms with E-state index < -0.39 is 6.10 Å². The highest BCUT2D eigenvalue weighted by atomic mass is 16.6. The number of carbonyl (C=O) groups is 3. The molecule has 0 N–H and O–H groups in total. The average molecular weight is 857 g/mol. The standard InChI is InChI=1S/C55H100O6/c1-4-7-10-13-16-19-22-24-26-27-29-30-33-36-39-42-45-48-54(57)60-51-52(50-59-53(56)47-44-41-38-35-32-21-18-15-12-9-6-3)61-55(58)49-46-43-40-37-34-31-28-25-23-20-17-14-11-8-5-2/h8,11,17,20,25,28,52H,4-7,9-10,12-16,18-19,21-24,26-27,29-51H2,1-3H3/b11-8-,20-17-,28-25-. The molecule has 0 fully saturated rings. The molecule has 0 aromatic rings. The first-order valence-electron chi connectivity index (χ1n) is 26.5. The molecular weight excluding hydrogens is 757 g/mol. The number of hydrogen-bond donors (Lipinski definition) is 0. The molecule has 0 aliphatic carbocycles. The van der Waals surface area contributed by atoms with Crippen LogP contribution in [0.2, 0.25) is 0 Å². The number of ether oxygens (including phenoxy) is 3. The van der Waals surface area contributed by atoms with Crippen molar-refractivity contribution >= 4 is 17.9 Å². The first-order valence-corrected chi connectivity index (χ1v) is 26.5. The van der Waals surface area contributed by atoms with Crippen LogP contribution < -0.4 is 0 Å². The Balaban J connectivity index is 4.33. The monoisotopic (exact) mass is 857 g/mol. The maximum atomic E-state index is 12.8. The molecule has 0 rings (SSSR count). The quantitative estimate of drug-likeness (QED) is 0.0262. The lowest BCUT2D eigenvalue weighted by Gasteiger charge is -2.18. The van der Waals surface area contributed by atoms with E-state index in [1.165, 1.54) is 141 Å². The third-order valence-electron chi connectivity index (χ3n) is 11.7. The summed E-state index contributed by atoms with van der Waals surface area (Å²) >= 11 is 0. The molecule has 6 heteroatoms. The maximum Gasteiger partial charge on any atom is 0.306 e. The van der Waals surface area contributed by atoms with Gasteiger partial charge in [0.05, 0.1) is 0 Å². The normalized spacial score (nSPS) is 12.2. The molecule has 6 nitrogen and oxygen atoms in total. The van der Waals surface area contributed by atoms with Crippen molar-refractivity contribution in [3.05, 3.63) is 36.5 Å². The van der Waals surface area contributed by atoms with Crippen molar-refractivity contribution in [3.8, 4) is 0 Å². The highest BCUT2D eigenvalue weighted by Crippen LogP contribution is 2.16. The Bertz CT molecular complexity index is 1030. The molecule has 0 aromatic heterocycles. The molecule has 0 aliphatic heterocycles. The second-order valence-corrected chi connectivity index (χ2v) is 17.8. The van der Waals surface area contributed by atoms with Crippen LogP contribution in [0.4, 0.5) is 0 Å². The minimum atomic E-state index is -0.775. The summed E-state index contributed by atoms with van der Waals surface area (Å²) in [4.78, 5) is 38.0. The Kier molecular flexibility index (Phi) is 48.3. The van der Waals surface area contributed by atoms with Gasteiger partial charge in [-0.3, -0.25) is 14.4 Å². The minimum Gasteiger partial charge on any atom is -0.462 e. The second kappa shape index (κ2) is 50.3. The molecule has 0 aromatic carbocycles. The van der Waals surface area contributed by atoms with Crippen molar-refractivity contribution in [2.75, 3.05) is 13.2 Å². The maximum absolute atomic E-state index is 12.8. The Labute approximate surface area is 378 Å². The molecule has 1 atom stereocenters. The molecule has 0 spiro atoms. The number of rotatable bonds is 48. The van der Waals surface area contributed by atoms with Crippen molar-refractivity contribution in [2.45, 2.75) is 284 Å². The van der Waals surface area contributed by atoms with Crippen LogP contribution in [0, 0.1) is 0 Å². The van der Waals surface area contributed by atoms with Gasteiger partial charge in [0.25, 0.3) is 0 Å². The van der Waals surface area contributed by atoms with Crippen molar-refractivity contribution in [1.29, 1.82) is 0 Å². The average Bonchev–Trinajstić information content (AvgIpc) is 3.26. The summed E-state index contributed by atoms with van der Waals surface area (Å²) in [6.45, 7) is 6.53. The van der Waals surface area contributed by atoms with E-state index in [-0.39, 0.29) is 31.1 Å². The molecule has 356 valence electrons. The van der Waals surface area contributed by atoms with Gasteiger partial charge in [0, 0.05) is 19.3 Å². The topological polar surface area (TPSA) is 78.9 Å². The summed E-state index contributed by atoms with van der Waals surface area (Å²) < 4.78 is 16.8. The molecule has 0 amide bonds. The first-order chi connectivity index (χ1) is 30.0. The van der Waals surface area contributed by atoms with Crippen LogP contribution in [0.5, 0.6) is 0 Å². The molecule has 0 saturated heterocycles. The van der Waals surface area contributed by atoms with E-state index >= 15 is 0 Å². The van der Waals surface area contributed by atoms with Crippen molar-refractivity contribution < 1.29 is 28.6 Å². The highest BCUT2D eigenvalue weighted by Gasteiger charge is 2.19. The molecule has 0 saturated carbocycles. The summed E-state index contributed by atoms with van der Waals surface area (Å²) in [6.07, 6.45) is 58.4. The summed E-state index contributed by atoms with van der Waals surface area (Å²) in [5, 5.41) is 0. The lowest BCUT2D eigenvalue weighted by molar-refractivity contribution is -0.167. The van der Waals surface area contributed by atoms with Gasteiger partial charge < -0.3 is 14.2 Å². The van der Waals surface area contributed by atoms with Crippen LogP contribution in [0.3, 0.4) is 0 Å². The fourth-order valence-electron chi connectivity index (χ4n) is 7.69. The lowest BCUT2D eigenvalue weighted by Crippen LogP contribution is -2.30. The summed E-state index contributed by atoms with van der Waals surface area (Å²) in [7, 11) is 0. The molecule has 61 heavy (non-hydrogen) atoms. The van der Waals surface area contributed by atoms with E-state index in [9.17, 15) is 14.4 Å². The van der Waals surface area contributed by atoms with Crippen LogP contribution in [0.15, 0.2) is 36.5 Å². The third-order valence-corrected chi connectivity index (χ3v) is 11.7. The number of esters is 3. The largest absolute Gasteiger partial charge is 0.462 e. The van der Waals surface area contributed by atoms with Gasteiger partial charge in [-0.05, 0) is 51.4 Å². The Hall–Kier alpha value is -2.37. The van der Waals surface area contributed by atoms with Crippen LogP contribution in [-0.2, 0) is 28.6 Å². The highest BCUT2D eigenvalue weighted by molar-refractivity contribution is 5.71. The summed E-state index contributed by atoms with van der Waals surface area (Å²) in [6, 6.07) is 0. The minimum absolute atomic E-state index is 0.0749. The zero-order chi connectivity index (χ0) is 44.4. The number of unbranched alkanes of at least 4 members (excludes halogenated alkanes) is 31. The number of allylic oxidation sites excluding steroid dienone is 6. The molecule has 0 radical (unpaired) electrons. The molecule has 0 heterocycles. The SMILES string of the molecule is CC/C=C\C/C=C\C/C=C\CCCCCCCC(=O)OC(COC(=O)CCCCCCCCCCCCC)COC(=O)CCCCCCCCCCCCCCCCCCC. The molecule has 0 aliphatic rings. The fraction of sp³-hybridized carbons (Fsp3) is 0.836. The number of hydrogen-bond acceptors (Lipinski definition) is 6. The van der Waals surface area contributed by atoms with Crippen LogP contribution in [-0.4, -0.2) is 37.2 Å². The van der Waals surface area contributed by atoms with Gasteiger partial charge in [0.15, 0.2) is 6.10 Å². The number of carbonyl (C=O) groups excluding carboxylic acids is 3. The van der Waals surface area contributed by atoms with Gasteiger partial charge in [-0.25, -0.2) is 0 Å². The van der Waals surface area contributed by atoms with Crippen LogP contribution in [0.25, 0.3) is 0 Å². The Morgan fingerprint density at radius 2 is 0.639 bits per heavy atom. The van der Waals surface area contributed by atoms with Crippen LogP contribution in [0.1, 0.15) is 278 Å². The van der Waals surface area contributed by atoms with E-state index in [0.29, 0.717) is 19.3 Å².